The number of hydrogen-bond donors (Lipinski definition) is 0. The van der Waals surface area contributed by atoms with Crippen LogP contribution in [0.5, 0.6) is 0 Å². The third kappa shape index (κ3) is 2.62. The van der Waals surface area contributed by atoms with Crippen molar-refractivity contribution < 1.29 is 18.8 Å². The number of benzene rings is 2. The van der Waals surface area contributed by atoms with E-state index < -0.39 is 29.9 Å². The van der Waals surface area contributed by atoms with Gasteiger partial charge in [-0.25, -0.2) is 4.90 Å². The molecule has 2 amide bonds. The molecule has 2 aliphatic heterocycles. The zero-order valence-electron chi connectivity index (χ0n) is 15.2. The lowest BCUT2D eigenvalue weighted by Crippen LogP contribution is -2.37. The maximum absolute atomic E-state index is 13.2. The van der Waals surface area contributed by atoms with Gasteiger partial charge in [0.05, 0.1) is 34.9 Å². The highest BCUT2D eigenvalue weighted by atomic mass is 35.5. The van der Waals surface area contributed by atoms with Gasteiger partial charge >= 0.3 is 0 Å². The van der Waals surface area contributed by atoms with Crippen molar-refractivity contribution in [2.75, 3.05) is 11.9 Å². The second-order valence-corrected chi connectivity index (χ2v) is 7.48. The van der Waals surface area contributed by atoms with Gasteiger partial charge in [0.25, 0.3) is 5.91 Å². The lowest BCUT2D eigenvalue weighted by atomic mass is 9.91. The molecule has 2 fully saturated rings. The summed E-state index contributed by atoms with van der Waals surface area (Å²) in [6, 6.07) is 12.5. The van der Waals surface area contributed by atoms with E-state index in [1.54, 1.807) is 55.6 Å². The highest BCUT2D eigenvalue weighted by Crippen LogP contribution is 2.44. The molecule has 2 aliphatic rings. The van der Waals surface area contributed by atoms with E-state index in [-0.39, 0.29) is 11.0 Å². The van der Waals surface area contributed by atoms with Gasteiger partial charge in [0.2, 0.25) is 5.91 Å². The SMILES string of the molecule is CN1O[C@@H]2C(=O)N(c3ccc(Cl)cc3)C(=O)[C@@H]2[C@H]1c1coc2ccccc2c1=O. The summed E-state index contributed by atoms with van der Waals surface area (Å²) in [5, 5.41) is 2.30. The minimum atomic E-state index is -1.00. The van der Waals surface area contributed by atoms with Gasteiger partial charge in [-0.3, -0.25) is 19.2 Å². The average Bonchev–Trinajstić information content (AvgIpc) is 3.17. The summed E-state index contributed by atoms with van der Waals surface area (Å²) in [6.45, 7) is 0. The Labute approximate surface area is 170 Å². The number of amides is 2. The number of fused-ring (bicyclic) bond motifs is 2. The molecule has 0 aliphatic carbocycles. The van der Waals surface area contributed by atoms with Gasteiger partial charge in [0.15, 0.2) is 11.5 Å². The molecule has 7 nitrogen and oxygen atoms in total. The summed E-state index contributed by atoms with van der Waals surface area (Å²) in [5.41, 5.74) is 0.890. The molecule has 29 heavy (non-hydrogen) atoms. The molecule has 2 aromatic carbocycles. The smallest absolute Gasteiger partial charge is 0.265 e. The van der Waals surface area contributed by atoms with Gasteiger partial charge in [-0.15, -0.1) is 0 Å². The molecule has 0 bridgehead atoms. The van der Waals surface area contributed by atoms with Crippen LogP contribution < -0.4 is 10.3 Å². The standard InChI is InChI=1S/C21H15ClN2O5/c1-23-17(14-10-28-15-5-3-2-4-13(15)18(14)25)16-19(29-23)21(27)24(20(16)26)12-8-6-11(22)7-9-12/h2-10,16-17,19H,1H3/t16-,17-,19+/m1/s1. The first kappa shape index (κ1) is 18.1. The molecule has 0 spiro atoms. The molecule has 146 valence electrons. The van der Waals surface area contributed by atoms with Crippen molar-refractivity contribution in [2.24, 2.45) is 5.92 Å². The fourth-order valence-electron chi connectivity index (χ4n) is 4.08. The van der Waals surface area contributed by atoms with Crippen LogP contribution in [0, 0.1) is 5.92 Å². The van der Waals surface area contributed by atoms with Crippen LogP contribution in [-0.2, 0) is 14.4 Å². The topological polar surface area (TPSA) is 80.1 Å². The molecule has 3 aromatic rings. The van der Waals surface area contributed by atoms with Gasteiger partial charge in [0.1, 0.15) is 5.58 Å². The second-order valence-electron chi connectivity index (χ2n) is 7.05. The number of halogens is 1. The molecule has 5 rings (SSSR count). The van der Waals surface area contributed by atoms with Crippen LogP contribution in [0.15, 0.2) is 64.0 Å². The van der Waals surface area contributed by atoms with Crippen LogP contribution in [-0.4, -0.2) is 30.0 Å². The Balaban J connectivity index is 1.59. The number of anilines is 1. The van der Waals surface area contributed by atoms with Crippen LogP contribution in [0.3, 0.4) is 0 Å². The van der Waals surface area contributed by atoms with E-state index in [4.69, 9.17) is 20.9 Å². The lowest BCUT2D eigenvalue weighted by molar-refractivity contribution is -0.160. The number of hydroxylamine groups is 2. The maximum Gasteiger partial charge on any atom is 0.265 e. The van der Waals surface area contributed by atoms with Crippen molar-refractivity contribution in [2.45, 2.75) is 12.1 Å². The third-order valence-electron chi connectivity index (χ3n) is 5.42. The molecule has 0 N–H and O–H groups in total. The molecule has 0 saturated carbocycles. The summed E-state index contributed by atoms with van der Waals surface area (Å²) in [4.78, 5) is 46.0. The van der Waals surface area contributed by atoms with E-state index >= 15 is 0 Å². The van der Waals surface area contributed by atoms with E-state index in [1.807, 2.05) is 0 Å². The van der Waals surface area contributed by atoms with E-state index in [1.165, 1.54) is 11.3 Å². The average molecular weight is 411 g/mol. The first-order valence-corrected chi connectivity index (χ1v) is 9.38. The lowest BCUT2D eigenvalue weighted by Gasteiger charge is -2.23. The minimum absolute atomic E-state index is 0.252. The van der Waals surface area contributed by atoms with E-state index in [9.17, 15) is 14.4 Å². The largest absolute Gasteiger partial charge is 0.464 e. The Morgan fingerprint density at radius 3 is 2.45 bits per heavy atom. The first-order valence-electron chi connectivity index (χ1n) is 9.01. The Morgan fingerprint density at radius 1 is 0.966 bits per heavy atom. The number of hydrogen-bond acceptors (Lipinski definition) is 6. The van der Waals surface area contributed by atoms with Crippen molar-refractivity contribution >= 4 is 40.1 Å². The summed E-state index contributed by atoms with van der Waals surface area (Å²) < 4.78 is 5.61. The van der Waals surface area contributed by atoms with Crippen molar-refractivity contribution in [3.05, 3.63) is 75.6 Å². The van der Waals surface area contributed by atoms with Gasteiger partial charge in [-0.05, 0) is 36.4 Å². The Hall–Kier alpha value is -3.00. The third-order valence-corrected chi connectivity index (χ3v) is 5.67. The Morgan fingerprint density at radius 2 is 1.69 bits per heavy atom. The maximum atomic E-state index is 13.2. The Kier molecular flexibility index (Phi) is 4.06. The van der Waals surface area contributed by atoms with Crippen molar-refractivity contribution in [3.63, 3.8) is 0 Å². The second kappa shape index (κ2) is 6.52. The fraction of sp³-hybridized carbons (Fsp3) is 0.190. The van der Waals surface area contributed by atoms with Crippen molar-refractivity contribution in [1.29, 1.82) is 0 Å². The molecular weight excluding hydrogens is 396 g/mol. The summed E-state index contributed by atoms with van der Waals surface area (Å²) >= 11 is 5.91. The van der Waals surface area contributed by atoms with E-state index in [2.05, 4.69) is 0 Å². The number of carbonyl (C=O) groups excluding carboxylic acids is 2. The van der Waals surface area contributed by atoms with Gasteiger partial charge < -0.3 is 4.42 Å². The fourth-order valence-corrected chi connectivity index (χ4v) is 4.21. The zero-order valence-corrected chi connectivity index (χ0v) is 16.0. The highest BCUT2D eigenvalue weighted by molar-refractivity contribution is 6.31. The van der Waals surface area contributed by atoms with E-state index in [0.29, 0.717) is 21.7 Å². The molecule has 8 heteroatoms. The number of carbonyl (C=O) groups is 2. The highest BCUT2D eigenvalue weighted by Gasteiger charge is 2.59. The molecule has 1 aromatic heterocycles. The van der Waals surface area contributed by atoms with Gasteiger partial charge in [-0.1, -0.05) is 23.7 Å². The van der Waals surface area contributed by atoms with E-state index in [0.717, 1.165) is 4.90 Å². The number of para-hydroxylation sites is 1. The quantitative estimate of drug-likeness (QED) is 0.604. The van der Waals surface area contributed by atoms with Crippen LogP contribution in [0.2, 0.25) is 5.02 Å². The molecule has 0 radical (unpaired) electrons. The molecule has 3 heterocycles. The number of nitrogens with zero attached hydrogens (tertiary/aromatic N) is 2. The van der Waals surface area contributed by atoms with Gasteiger partial charge in [0, 0.05) is 12.1 Å². The van der Waals surface area contributed by atoms with Crippen LogP contribution in [0.4, 0.5) is 5.69 Å². The van der Waals surface area contributed by atoms with Crippen LogP contribution >= 0.6 is 11.6 Å². The van der Waals surface area contributed by atoms with Crippen molar-refractivity contribution in [1.82, 2.24) is 5.06 Å². The molecule has 0 unspecified atom stereocenters. The summed E-state index contributed by atoms with van der Waals surface area (Å²) in [5.74, 6) is -1.75. The van der Waals surface area contributed by atoms with Gasteiger partial charge in [-0.2, -0.15) is 5.06 Å². The summed E-state index contributed by atoms with van der Waals surface area (Å²) in [7, 11) is 1.60. The monoisotopic (exact) mass is 410 g/mol. The van der Waals surface area contributed by atoms with Crippen LogP contribution in [0.25, 0.3) is 11.0 Å². The molecule has 3 atom stereocenters. The Bertz CT molecular complexity index is 1210. The molecular formula is C21H15ClN2O5. The first-order chi connectivity index (χ1) is 14.0. The van der Waals surface area contributed by atoms with Crippen LogP contribution in [0.1, 0.15) is 11.6 Å². The molecule has 2 saturated heterocycles. The zero-order chi connectivity index (χ0) is 20.3. The van der Waals surface area contributed by atoms with Crippen molar-refractivity contribution in [3.8, 4) is 0 Å². The minimum Gasteiger partial charge on any atom is -0.464 e. The number of imide groups is 1. The normalized spacial score (nSPS) is 24.5. The number of rotatable bonds is 2. The predicted molar refractivity (Wildman–Crippen MR) is 105 cm³/mol. The summed E-state index contributed by atoms with van der Waals surface area (Å²) in [6.07, 6.45) is 0.347. The predicted octanol–water partition coefficient (Wildman–Crippen LogP) is 2.92.